The Morgan fingerprint density at radius 2 is 0.769 bits per heavy atom. The summed E-state index contributed by atoms with van der Waals surface area (Å²) in [4.78, 5) is 0. The summed E-state index contributed by atoms with van der Waals surface area (Å²) in [5.74, 6) is 0. The Morgan fingerprint density at radius 3 is 0.769 bits per heavy atom. The van der Waals surface area contributed by atoms with Gasteiger partial charge in [0, 0.05) is 39.0 Å². The van der Waals surface area contributed by atoms with Crippen molar-refractivity contribution < 1.29 is 77.9 Å². The zero-order valence-electron chi connectivity index (χ0n) is 9.95. The van der Waals surface area contributed by atoms with Crippen molar-refractivity contribution in [2.24, 2.45) is 0 Å². The molecule has 0 fully saturated rings. The van der Waals surface area contributed by atoms with Crippen LogP contribution in [0.4, 0.5) is 0 Å². The average molecular weight is 394 g/mol. The van der Waals surface area contributed by atoms with Crippen molar-refractivity contribution in [2.75, 3.05) is 13.1 Å². The van der Waals surface area contributed by atoms with Gasteiger partial charge in [0.05, 0.1) is 0 Å². The fraction of sp³-hybridized carbons (Fsp3) is 0.429. The van der Waals surface area contributed by atoms with Gasteiger partial charge in [-0.15, -0.1) is 0 Å². The van der Waals surface area contributed by atoms with Crippen LogP contribution in [0, 0.1) is 29.7 Å². The van der Waals surface area contributed by atoms with Gasteiger partial charge in [-0.3, -0.25) is 0 Å². The fourth-order valence-corrected chi connectivity index (χ4v) is 0.0884. The van der Waals surface area contributed by atoms with E-state index in [0.29, 0.717) is 13.1 Å². The van der Waals surface area contributed by atoms with Crippen molar-refractivity contribution in [3.8, 4) is 0 Å². The Labute approximate surface area is 137 Å². The van der Waals surface area contributed by atoms with Crippen LogP contribution in [0.25, 0.3) is 11.5 Å². The number of hydrogen-bond acceptors (Lipinski definition) is 0. The Hall–Kier alpha value is 2.41. The van der Waals surface area contributed by atoms with E-state index in [2.05, 4.69) is 0 Å². The minimum absolute atomic E-state index is 0. The molecule has 0 saturated carbocycles. The molecule has 2 nitrogen and oxygen atoms in total. The predicted molar refractivity (Wildman–Crippen MR) is 48.7 cm³/mol. The molecule has 0 aromatic carbocycles. The molecule has 6 heteroatoms. The largest absolute Gasteiger partial charge is 2.00 e. The van der Waals surface area contributed by atoms with Crippen molar-refractivity contribution >= 4 is 0 Å². The molecule has 0 amide bonds. The molecular weight excluding hydrogens is 374 g/mol. The maximum Gasteiger partial charge on any atom is 2.00 e. The maximum absolute atomic E-state index is 6.48. The predicted octanol–water partition coefficient (Wildman–Crippen LogP) is 3.27. The van der Waals surface area contributed by atoms with Crippen LogP contribution in [0.3, 0.4) is 0 Å². The quantitative estimate of drug-likeness (QED) is 0.510. The summed E-state index contributed by atoms with van der Waals surface area (Å²) in [7, 11) is 0. The van der Waals surface area contributed by atoms with Crippen LogP contribution in [0.5, 0.6) is 0 Å². The van der Waals surface area contributed by atoms with Gasteiger partial charge in [-0.05, 0) is 0 Å². The van der Waals surface area contributed by atoms with E-state index in [1.807, 2.05) is 0 Å². The minimum Gasteiger partial charge on any atom is -0.677 e. The van der Waals surface area contributed by atoms with Gasteiger partial charge in [-0.25, -0.2) is 0 Å². The second-order valence-electron chi connectivity index (χ2n) is 0.854. The maximum atomic E-state index is 6.48. The van der Waals surface area contributed by atoms with Gasteiger partial charge in [0.15, 0.2) is 0 Å². The van der Waals surface area contributed by atoms with E-state index in [1.54, 1.807) is 0 Å². The summed E-state index contributed by atoms with van der Waals surface area (Å²) >= 11 is 0. The molecule has 0 saturated heterocycles. The van der Waals surface area contributed by atoms with E-state index in [4.69, 9.17) is 11.5 Å². The van der Waals surface area contributed by atoms with Crippen LogP contribution in [0.2, 0.25) is 0 Å². The molecule has 0 aliphatic carbocycles. The van der Waals surface area contributed by atoms with Crippen molar-refractivity contribution in [1.29, 1.82) is 0 Å². The smallest absolute Gasteiger partial charge is 0.677 e. The molecule has 2 N–H and O–H groups in total. The van der Waals surface area contributed by atoms with Gasteiger partial charge in [0.25, 0.3) is 0 Å². The third-order valence-corrected chi connectivity index (χ3v) is 0.354. The molecule has 0 aromatic heterocycles. The molecule has 0 heterocycles. The molecule has 0 aliphatic rings. The van der Waals surface area contributed by atoms with Crippen LogP contribution < -0.4 is 0 Å². The molecule has 0 aliphatic heterocycles. The summed E-state index contributed by atoms with van der Waals surface area (Å²) in [6.07, 6.45) is 0.722. The minimum atomic E-state index is 0. The van der Waals surface area contributed by atoms with E-state index in [9.17, 15) is 0 Å². The second kappa shape index (κ2) is 88.5. The molecular formula is C7H20N2Zn4-2. The summed E-state index contributed by atoms with van der Waals surface area (Å²) in [5.41, 5.74) is 13.0. The van der Waals surface area contributed by atoms with Gasteiger partial charge in [0.1, 0.15) is 0 Å². The second-order valence-corrected chi connectivity index (χ2v) is 0.854. The topological polar surface area (TPSA) is 47.6 Å². The van der Waals surface area contributed by atoms with Crippen molar-refractivity contribution in [2.45, 2.75) is 6.42 Å². The molecule has 13 heavy (non-hydrogen) atoms. The first-order chi connectivity index (χ1) is 2.41. The third-order valence-electron chi connectivity index (χ3n) is 0.354. The zero-order chi connectivity index (χ0) is 4.12. The van der Waals surface area contributed by atoms with Gasteiger partial charge in [-0.1, -0.05) is 6.42 Å². The standard InChI is InChI=1S/C3H8N2.4CH3.4Zn/c4-2-1-3-5;;;;;;;;/h4-5H,1-3H2;4*1H3;;;;/q-2;4*-1;;;2*+2. The molecule has 0 rings (SSSR count). The Bertz CT molecular complexity index is 26.0. The van der Waals surface area contributed by atoms with E-state index in [1.165, 1.54) is 0 Å². The molecule has 0 bridgehead atoms. The van der Waals surface area contributed by atoms with Gasteiger partial charge >= 0.3 is 39.0 Å². The van der Waals surface area contributed by atoms with E-state index < -0.39 is 0 Å². The monoisotopic (exact) mass is 388 g/mol. The Balaban J connectivity index is -0.00000000286. The SMILES string of the molecule is [CH3-].[CH3-].[CH3-].[CH3-].[NH-]CCC[NH-].[Zn+2].[Zn+2].[Zn].[Zn]. The first kappa shape index (κ1) is 77.8. The normalized spacial score (nSPS) is 3.23. The molecule has 0 unspecified atom stereocenters. The first-order valence-corrected chi connectivity index (χ1v) is 1.71. The van der Waals surface area contributed by atoms with Crippen LogP contribution >= 0.6 is 0 Å². The number of rotatable bonds is 2. The molecule has 0 radical (unpaired) electrons. The van der Waals surface area contributed by atoms with Crippen molar-refractivity contribution in [3.63, 3.8) is 0 Å². The van der Waals surface area contributed by atoms with Gasteiger partial charge < -0.3 is 41.2 Å². The molecule has 68 valence electrons. The van der Waals surface area contributed by atoms with Crippen LogP contribution in [-0.4, -0.2) is 13.1 Å². The third kappa shape index (κ3) is 114. The molecule has 0 spiro atoms. The van der Waals surface area contributed by atoms with Gasteiger partial charge in [-0.2, -0.15) is 13.1 Å². The van der Waals surface area contributed by atoms with E-state index in [-0.39, 0.29) is 108 Å². The number of hydrogen-bond donors (Lipinski definition) is 0. The number of nitrogens with one attached hydrogen (secondary N) is 2. The first-order valence-electron chi connectivity index (χ1n) is 1.71. The average Bonchev–Trinajstić information content (AvgIpc) is 1.41. The summed E-state index contributed by atoms with van der Waals surface area (Å²) < 4.78 is 0. The zero-order valence-corrected chi connectivity index (χ0v) is 21.8. The van der Waals surface area contributed by atoms with Gasteiger partial charge in [0.2, 0.25) is 0 Å². The van der Waals surface area contributed by atoms with Crippen molar-refractivity contribution in [3.05, 3.63) is 41.2 Å². The molecule has 0 atom stereocenters. The Kier molecular flexibility index (Phi) is 530. The van der Waals surface area contributed by atoms with Crippen molar-refractivity contribution in [1.82, 2.24) is 0 Å². The Morgan fingerprint density at radius 1 is 0.615 bits per heavy atom. The summed E-state index contributed by atoms with van der Waals surface area (Å²) in [5, 5.41) is 0. The van der Waals surface area contributed by atoms with Crippen LogP contribution in [-0.2, 0) is 77.9 Å². The molecule has 0 aromatic rings. The van der Waals surface area contributed by atoms with E-state index in [0.717, 1.165) is 6.42 Å². The summed E-state index contributed by atoms with van der Waals surface area (Å²) in [6, 6.07) is 0. The van der Waals surface area contributed by atoms with E-state index >= 15 is 0 Å². The van der Waals surface area contributed by atoms with Crippen LogP contribution in [0.15, 0.2) is 0 Å². The fourth-order valence-electron chi connectivity index (χ4n) is 0.0884. The van der Waals surface area contributed by atoms with Crippen LogP contribution in [0.1, 0.15) is 6.42 Å². The summed E-state index contributed by atoms with van der Waals surface area (Å²) in [6.45, 7) is 0.812.